The molecule has 116 valence electrons. The van der Waals surface area contributed by atoms with Gasteiger partial charge in [0.25, 0.3) is 0 Å². The van der Waals surface area contributed by atoms with E-state index >= 15 is 0 Å². The summed E-state index contributed by atoms with van der Waals surface area (Å²) in [5.41, 5.74) is 0.745. The largest absolute Gasteiger partial charge is 0.506 e. The Labute approximate surface area is 127 Å². The van der Waals surface area contributed by atoms with Gasteiger partial charge in [-0.05, 0) is 24.1 Å². The van der Waals surface area contributed by atoms with Crippen LogP contribution in [0.3, 0.4) is 0 Å². The van der Waals surface area contributed by atoms with Gasteiger partial charge in [-0.3, -0.25) is 14.5 Å². The van der Waals surface area contributed by atoms with Crippen molar-refractivity contribution >= 4 is 5.91 Å². The Balaban J connectivity index is 1.56. The molecule has 1 amide bonds. The molecule has 2 aromatic rings. The summed E-state index contributed by atoms with van der Waals surface area (Å²) in [7, 11) is 0. The van der Waals surface area contributed by atoms with Crippen LogP contribution in [0.4, 0.5) is 0 Å². The highest BCUT2D eigenvalue weighted by Gasteiger charge is 2.34. The van der Waals surface area contributed by atoms with Crippen LogP contribution < -0.4 is 5.32 Å². The SMILES string of the molecule is O=C(NCc1cncc(O)c1)[C@@H]1OCC[C@@H]1Cn1cccn1. The fourth-order valence-electron chi connectivity index (χ4n) is 2.62. The first kappa shape index (κ1) is 14.5. The van der Waals surface area contributed by atoms with E-state index < -0.39 is 6.10 Å². The molecule has 1 aliphatic heterocycles. The van der Waals surface area contributed by atoms with E-state index in [1.807, 2.05) is 16.9 Å². The van der Waals surface area contributed by atoms with Gasteiger partial charge in [0, 0.05) is 44.2 Å². The van der Waals surface area contributed by atoms with Crippen molar-refractivity contribution in [3.8, 4) is 5.75 Å². The summed E-state index contributed by atoms with van der Waals surface area (Å²) < 4.78 is 7.39. The minimum absolute atomic E-state index is 0.0837. The third kappa shape index (κ3) is 3.43. The molecule has 0 radical (unpaired) electrons. The molecule has 0 spiro atoms. The fourth-order valence-corrected chi connectivity index (χ4v) is 2.62. The normalized spacial score (nSPS) is 20.9. The molecule has 0 aromatic carbocycles. The van der Waals surface area contributed by atoms with Gasteiger partial charge in [-0.15, -0.1) is 0 Å². The summed E-state index contributed by atoms with van der Waals surface area (Å²) in [5, 5.41) is 16.4. The lowest BCUT2D eigenvalue weighted by Gasteiger charge is -2.18. The van der Waals surface area contributed by atoms with Gasteiger partial charge in [-0.25, -0.2) is 0 Å². The van der Waals surface area contributed by atoms with Crippen LogP contribution in [0, 0.1) is 5.92 Å². The molecule has 22 heavy (non-hydrogen) atoms. The van der Waals surface area contributed by atoms with Crippen LogP contribution in [0.2, 0.25) is 0 Å². The second-order valence-corrected chi connectivity index (χ2v) is 5.34. The van der Waals surface area contributed by atoms with E-state index in [1.54, 1.807) is 18.5 Å². The van der Waals surface area contributed by atoms with Crippen molar-refractivity contribution < 1.29 is 14.6 Å². The van der Waals surface area contributed by atoms with Gasteiger partial charge >= 0.3 is 0 Å². The zero-order chi connectivity index (χ0) is 15.4. The number of hydrogen-bond donors (Lipinski definition) is 2. The van der Waals surface area contributed by atoms with Crippen molar-refractivity contribution in [3.05, 3.63) is 42.5 Å². The molecule has 2 N–H and O–H groups in total. The first-order chi connectivity index (χ1) is 10.7. The number of nitrogens with zero attached hydrogens (tertiary/aromatic N) is 3. The number of carbonyl (C=O) groups is 1. The Morgan fingerprint density at radius 2 is 2.41 bits per heavy atom. The minimum Gasteiger partial charge on any atom is -0.506 e. The molecule has 1 saturated heterocycles. The van der Waals surface area contributed by atoms with E-state index in [0.29, 0.717) is 19.7 Å². The summed E-state index contributed by atoms with van der Waals surface area (Å²) in [4.78, 5) is 16.2. The monoisotopic (exact) mass is 302 g/mol. The predicted octanol–water partition coefficient (Wildman–Crippen LogP) is 0.705. The van der Waals surface area contributed by atoms with E-state index in [2.05, 4.69) is 15.4 Å². The molecule has 2 aromatic heterocycles. The van der Waals surface area contributed by atoms with Gasteiger partial charge in [0.2, 0.25) is 5.91 Å². The zero-order valence-corrected chi connectivity index (χ0v) is 12.1. The van der Waals surface area contributed by atoms with Gasteiger partial charge < -0.3 is 15.2 Å². The summed E-state index contributed by atoms with van der Waals surface area (Å²) >= 11 is 0. The zero-order valence-electron chi connectivity index (χ0n) is 12.1. The van der Waals surface area contributed by atoms with Crippen LogP contribution in [0.15, 0.2) is 36.9 Å². The van der Waals surface area contributed by atoms with Crippen LogP contribution >= 0.6 is 0 Å². The molecular weight excluding hydrogens is 284 g/mol. The average molecular weight is 302 g/mol. The molecule has 7 nitrogen and oxygen atoms in total. The summed E-state index contributed by atoms with van der Waals surface area (Å²) in [6.45, 7) is 1.56. The number of pyridine rings is 1. The lowest BCUT2D eigenvalue weighted by molar-refractivity contribution is -0.132. The molecule has 0 unspecified atom stereocenters. The second kappa shape index (κ2) is 6.57. The standard InChI is InChI=1S/C15H18N4O3/c20-13-6-11(7-16-9-13)8-17-15(21)14-12(2-5-22-14)10-19-4-1-3-18-19/h1,3-4,6-7,9,12,14,20H,2,5,8,10H2,(H,17,21)/t12-,14-/m1/s1. The number of hydrogen-bond acceptors (Lipinski definition) is 5. The minimum atomic E-state index is -0.463. The predicted molar refractivity (Wildman–Crippen MR) is 77.8 cm³/mol. The van der Waals surface area contributed by atoms with Crippen molar-refractivity contribution in [2.75, 3.05) is 6.61 Å². The fraction of sp³-hybridized carbons (Fsp3) is 0.400. The van der Waals surface area contributed by atoms with E-state index in [9.17, 15) is 9.90 Å². The maximum absolute atomic E-state index is 12.3. The molecule has 3 heterocycles. The Bertz CT molecular complexity index is 629. The lowest BCUT2D eigenvalue weighted by atomic mass is 10.0. The molecular formula is C15H18N4O3. The van der Waals surface area contributed by atoms with Crippen LogP contribution in [0.5, 0.6) is 5.75 Å². The van der Waals surface area contributed by atoms with Gasteiger partial charge in [0.05, 0.1) is 6.20 Å². The maximum Gasteiger partial charge on any atom is 0.249 e. The molecule has 0 aliphatic carbocycles. The van der Waals surface area contributed by atoms with Crippen LogP contribution in [-0.4, -0.2) is 38.5 Å². The van der Waals surface area contributed by atoms with Crippen LogP contribution in [0.1, 0.15) is 12.0 Å². The summed E-state index contributed by atoms with van der Waals surface area (Å²) in [6.07, 6.45) is 6.94. The number of aromatic hydroxyl groups is 1. The molecule has 1 aliphatic rings. The Morgan fingerprint density at radius 3 is 3.18 bits per heavy atom. The Morgan fingerprint density at radius 1 is 1.50 bits per heavy atom. The summed E-state index contributed by atoms with van der Waals surface area (Å²) in [5.74, 6) is 0.0561. The highest BCUT2D eigenvalue weighted by atomic mass is 16.5. The Hall–Kier alpha value is -2.41. The average Bonchev–Trinajstić information content (AvgIpc) is 3.17. The molecule has 1 fully saturated rings. The number of carbonyl (C=O) groups excluding carboxylic acids is 1. The van der Waals surface area contributed by atoms with E-state index in [0.717, 1.165) is 12.0 Å². The van der Waals surface area contributed by atoms with Crippen molar-refractivity contribution in [2.24, 2.45) is 5.92 Å². The van der Waals surface area contributed by atoms with Gasteiger partial charge in [-0.2, -0.15) is 5.10 Å². The number of rotatable bonds is 5. The molecule has 0 bridgehead atoms. The quantitative estimate of drug-likeness (QED) is 0.849. The first-order valence-corrected chi connectivity index (χ1v) is 7.22. The van der Waals surface area contributed by atoms with Crippen molar-refractivity contribution in [2.45, 2.75) is 25.6 Å². The van der Waals surface area contributed by atoms with Crippen LogP contribution in [0.25, 0.3) is 0 Å². The van der Waals surface area contributed by atoms with Gasteiger partial charge in [0.1, 0.15) is 11.9 Å². The number of amides is 1. The van der Waals surface area contributed by atoms with Gasteiger partial charge in [0.15, 0.2) is 0 Å². The smallest absolute Gasteiger partial charge is 0.249 e. The first-order valence-electron chi connectivity index (χ1n) is 7.22. The van der Waals surface area contributed by atoms with Crippen molar-refractivity contribution in [1.29, 1.82) is 0 Å². The van der Waals surface area contributed by atoms with E-state index in [1.165, 1.54) is 6.20 Å². The van der Waals surface area contributed by atoms with Crippen molar-refractivity contribution in [3.63, 3.8) is 0 Å². The Kier molecular flexibility index (Phi) is 4.34. The third-order valence-electron chi connectivity index (χ3n) is 3.70. The molecule has 2 atom stereocenters. The number of aromatic nitrogens is 3. The highest BCUT2D eigenvalue weighted by Crippen LogP contribution is 2.23. The number of ether oxygens (including phenoxy) is 1. The van der Waals surface area contributed by atoms with Crippen molar-refractivity contribution in [1.82, 2.24) is 20.1 Å². The van der Waals surface area contributed by atoms with E-state index in [-0.39, 0.29) is 17.6 Å². The van der Waals surface area contributed by atoms with Gasteiger partial charge in [-0.1, -0.05) is 0 Å². The summed E-state index contributed by atoms with van der Waals surface area (Å²) in [6, 6.07) is 3.43. The highest BCUT2D eigenvalue weighted by molar-refractivity contribution is 5.81. The molecule has 0 saturated carbocycles. The van der Waals surface area contributed by atoms with E-state index in [4.69, 9.17) is 4.74 Å². The third-order valence-corrected chi connectivity index (χ3v) is 3.70. The maximum atomic E-state index is 12.3. The lowest BCUT2D eigenvalue weighted by Crippen LogP contribution is -2.38. The second-order valence-electron chi connectivity index (χ2n) is 5.34. The molecule has 7 heteroatoms. The molecule has 3 rings (SSSR count). The van der Waals surface area contributed by atoms with Crippen LogP contribution in [-0.2, 0) is 22.6 Å². The number of nitrogens with one attached hydrogen (secondary N) is 1. The topological polar surface area (TPSA) is 89.3 Å².